The number of nitrogens with one attached hydrogen (secondary N) is 2. The van der Waals surface area contributed by atoms with E-state index < -0.39 is 23.3 Å². The zero-order valence-corrected chi connectivity index (χ0v) is 14.8. The van der Waals surface area contributed by atoms with Crippen LogP contribution in [0.3, 0.4) is 0 Å². The Bertz CT molecular complexity index is 405. The molecular formula is C14H22N2NaO3+. The molecule has 1 saturated heterocycles. The van der Waals surface area contributed by atoms with Crippen molar-refractivity contribution in [3.63, 3.8) is 0 Å². The van der Waals surface area contributed by atoms with Crippen LogP contribution in [0, 0.1) is 23.2 Å². The van der Waals surface area contributed by atoms with E-state index in [4.69, 9.17) is 0 Å². The molecule has 1 heterocycles. The van der Waals surface area contributed by atoms with Crippen LogP contribution in [0.4, 0.5) is 4.79 Å². The van der Waals surface area contributed by atoms with Crippen LogP contribution in [0.15, 0.2) is 0 Å². The van der Waals surface area contributed by atoms with Gasteiger partial charge in [0.2, 0.25) is 11.8 Å². The average molecular weight is 289 g/mol. The zero-order valence-electron chi connectivity index (χ0n) is 12.8. The van der Waals surface area contributed by atoms with E-state index >= 15 is 0 Å². The first-order valence-corrected chi connectivity index (χ1v) is 7.15. The maximum atomic E-state index is 12.4. The van der Waals surface area contributed by atoms with Crippen molar-refractivity contribution in [1.82, 2.24) is 10.6 Å². The Hall–Kier alpha value is -0.390. The van der Waals surface area contributed by atoms with Gasteiger partial charge in [0.25, 0.3) is 0 Å². The molecule has 4 amide bonds. The van der Waals surface area contributed by atoms with Gasteiger partial charge in [0.15, 0.2) is 0 Å². The molecule has 3 atom stereocenters. The monoisotopic (exact) mass is 289 g/mol. The molecule has 2 aliphatic rings. The Kier molecular flexibility index (Phi) is 5.81. The fourth-order valence-electron chi connectivity index (χ4n) is 4.05. The summed E-state index contributed by atoms with van der Waals surface area (Å²) in [6.45, 7) is 6.12. The van der Waals surface area contributed by atoms with Crippen LogP contribution in [0.2, 0.25) is 0 Å². The molecule has 2 fully saturated rings. The van der Waals surface area contributed by atoms with E-state index in [0.717, 1.165) is 25.7 Å². The zero-order chi connectivity index (χ0) is 14.2. The summed E-state index contributed by atoms with van der Waals surface area (Å²) in [6, 6.07) is -0.692. The van der Waals surface area contributed by atoms with Crippen molar-refractivity contribution in [1.29, 1.82) is 0 Å². The molecule has 1 aliphatic heterocycles. The first-order chi connectivity index (χ1) is 8.98. The molecule has 2 N–H and O–H groups in total. The average Bonchev–Trinajstić information content (AvgIpc) is 2.61. The van der Waals surface area contributed by atoms with Gasteiger partial charge in [-0.25, -0.2) is 4.79 Å². The van der Waals surface area contributed by atoms with Gasteiger partial charge in [0, 0.05) is 0 Å². The van der Waals surface area contributed by atoms with E-state index in [1.807, 2.05) is 6.92 Å². The molecule has 0 bridgehead atoms. The first-order valence-electron chi connectivity index (χ1n) is 7.15. The topological polar surface area (TPSA) is 75.3 Å². The second kappa shape index (κ2) is 6.58. The van der Waals surface area contributed by atoms with Gasteiger partial charge in [0.05, 0.1) is 0 Å². The maximum Gasteiger partial charge on any atom is 1.00 e. The van der Waals surface area contributed by atoms with Crippen molar-refractivity contribution >= 4 is 17.8 Å². The number of hydrogen-bond acceptors (Lipinski definition) is 3. The fourth-order valence-corrected chi connectivity index (χ4v) is 4.05. The molecule has 0 aromatic heterocycles. The Morgan fingerprint density at radius 2 is 1.70 bits per heavy atom. The molecule has 1 aliphatic carbocycles. The number of hydrogen-bond donors (Lipinski definition) is 2. The van der Waals surface area contributed by atoms with Crippen LogP contribution < -0.4 is 40.2 Å². The van der Waals surface area contributed by atoms with Gasteiger partial charge in [-0.05, 0) is 30.6 Å². The Labute approximate surface area is 141 Å². The third-order valence-corrected chi connectivity index (χ3v) is 5.02. The third-order valence-electron chi connectivity index (χ3n) is 5.02. The largest absolute Gasteiger partial charge is 1.00 e. The van der Waals surface area contributed by atoms with Gasteiger partial charge in [-0.2, -0.15) is 0 Å². The molecule has 6 heteroatoms. The minimum atomic E-state index is -1.05. The van der Waals surface area contributed by atoms with E-state index in [1.54, 1.807) is 0 Å². The summed E-state index contributed by atoms with van der Waals surface area (Å²) in [4.78, 5) is 36.1. The summed E-state index contributed by atoms with van der Waals surface area (Å²) in [5, 5.41) is 4.59. The molecule has 0 radical (unpaired) electrons. The van der Waals surface area contributed by atoms with Crippen molar-refractivity contribution in [2.45, 2.75) is 46.5 Å². The number of barbiturate groups is 1. The van der Waals surface area contributed by atoms with E-state index in [-0.39, 0.29) is 41.4 Å². The van der Waals surface area contributed by atoms with E-state index in [1.165, 1.54) is 0 Å². The van der Waals surface area contributed by atoms with Gasteiger partial charge in [0.1, 0.15) is 5.41 Å². The van der Waals surface area contributed by atoms with Crippen molar-refractivity contribution < 1.29 is 43.9 Å². The van der Waals surface area contributed by atoms with Gasteiger partial charge < -0.3 is 0 Å². The normalized spacial score (nSPS) is 31.8. The van der Waals surface area contributed by atoms with Crippen molar-refractivity contribution in [2.75, 3.05) is 0 Å². The molecule has 1 spiro atoms. The standard InChI is InChI=1S/C14H22N2O3.Na/c1-4-6-10-7-9(5-2)8(3)14(10)11(17)15-13(19)16-12(14)18;/h8-10H,4-7H2,1-3H3,(H2,15,16,17,18,19);/q;+1. The minimum absolute atomic E-state index is 0. The second-order valence-electron chi connectivity index (χ2n) is 5.78. The first kappa shape index (κ1) is 17.7. The van der Waals surface area contributed by atoms with Gasteiger partial charge >= 0.3 is 35.6 Å². The number of imide groups is 2. The minimum Gasteiger partial charge on any atom is -0.277 e. The Morgan fingerprint density at radius 1 is 1.15 bits per heavy atom. The number of carbonyl (C=O) groups is 3. The number of amides is 4. The van der Waals surface area contributed by atoms with E-state index in [0.29, 0.717) is 5.92 Å². The molecule has 3 unspecified atom stereocenters. The van der Waals surface area contributed by atoms with Crippen LogP contribution in [-0.4, -0.2) is 17.8 Å². The SMILES string of the molecule is CCCC1CC(CC)C(C)C12C(=O)NC(=O)NC2=O.[Na+]. The van der Waals surface area contributed by atoms with E-state index in [9.17, 15) is 14.4 Å². The van der Waals surface area contributed by atoms with Crippen LogP contribution in [0.5, 0.6) is 0 Å². The Morgan fingerprint density at radius 3 is 2.15 bits per heavy atom. The number of urea groups is 1. The number of rotatable bonds is 3. The molecule has 0 aromatic rings. The molecule has 0 aromatic carbocycles. The summed E-state index contributed by atoms with van der Waals surface area (Å²) in [7, 11) is 0. The fraction of sp³-hybridized carbons (Fsp3) is 0.786. The van der Waals surface area contributed by atoms with Crippen LogP contribution in [-0.2, 0) is 9.59 Å². The van der Waals surface area contributed by atoms with Crippen LogP contribution >= 0.6 is 0 Å². The van der Waals surface area contributed by atoms with Crippen molar-refractivity contribution in [3.05, 3.63) is 0 Å². The second-order valence-corrected chi connectivity index (χ2v) is 5.78. The smallest absolute Gasteiger partial charge is 0.277 e. The molecule has 106 valence electrons. The summed E-state index contributed by atoms with van der Waals surface area (Å²) in [6.07, 6.45) is 3.62. The maximum absolute atomic E-state index is 12.4. The van der Waals surface area contributed by atoms with Crippen molar-refractivity contribution in [3.8, 4) is 0 Å². The molecular weight excluding hydrogens is 267 g/mol. The summed E-state index contributed by atoms with van der Waals surface area (Å²) in [5.74, 6) is -0.430. The summed E-state index contributed by atoms with van der Waals surface area (Å²) in [5.41, 5.74) is -1.05. The predicted molar refractivity (Wildman–Crippen MR) is 70.1 cm³/mol. The molecule has 5 nitrogen and oxygen atoms in total. The van der Waals surface area contributed by atoms with Gasteiger partial charge in [-0.3, -0.25) is 20.2 Å². The molecule has 1 saturated carbocycles. The van der Waals surface area contributed by atoms with Gasteiger partial charge in [-0.15, -0.1) is 0 Å². The molecule has 20 heavy (non-hydrogen) atoms. The Balaban J connectivity index is 0.00000200. The summed E-state index contributed by atoms with van der Waals surface area (Å²) >= 11 is 0. The summed E-state index contributed by atoms with van der Waals surface area (Å²) < 4.78 is 0. The van der Waals surface area contributed by atoms with E-state index in [2.05, 4.69) is 24.5 Å². The molecule has 2 rings (SSSR count). The predicted octanol–water partition coefficient (Wildman–Crippen LogP) is -1.17. The van der Waals surface area contributed by atoms with Gasteiger partial charge in [-0.1, -0.05) is 33.6 Å². The van der Waals surface area contributed by atoms with Crippen molar-refractivity contribution in [2.24, 2.45) is 23.2 Å². The quantitative estimate of drug-likeness (QED) is 0.507. The number of carbonyl (C=O) groups excluding carboxylic acids is 3. The van der Waals surface area contributed by atoms with Crippen LogP contribution in [0.25, 0.3) is 0 Å². The van der Waals surface area contributed by atoms with Crippen LogP contribution in [0.1, 0.15) is 46.5 Å². The third kappa shape index (κ3) is 2.44.